The van der Waals surface area contributed by atoms with E-state index in [4.69, 9.17) is 10.5 Å². The van der Waals surface area contributed by atoms with E-state index in [0.29, 0.717) is 43.7 Å². The summed E-state index contributed by atoms with van der Waals surface area (Å²) in [5.74, 6) is 1.66. The molecule has 11 nitrogen and oxygen atoms in total. The largest absolute Gasteiger partial charge is 0.379 e. The standard InChI is InChI=1S/C26H53N9O2/c1-2-19-15-28-9-6-21(19)16-31-26(36)20-4-3-5-22(14-20)30-17-24-33-34-25(23-7-10-29-18-32-23)35(24)11-13-37-12-8-27/h19-25,28-30,32-34H,2-18,27H2,1H3,(H,31,36). The van der Waals surface area contributed by atoms with E-state index in [1.165, 1.54) is 6.42 Å². The Morgan fingerprint density at radius 2 is 1.95 bits per heavy atom. The van der Waals surface area contributed by atoms with E-state index in [0.717, 1.165) is 84.5 Å². The van der Waals surface area contributed by atoms with Crippen LogP contribution in [0.2, 0.25) is 0 Å². The van der Waals surface area contributed by atoms with Gasteiger partial charge in [-0.1, -0.05) is 19.8 Å². The number of hydrogen-bond donors (Lipinski definition) is 8. The quantitative estimate of drug-likeness (QED) is 0.139. The van der Waals surface area contributed by atoms with E-state index in [1.54, 1.807) is 0 Å². The van der Waals surface area contributed by atoms with Crippen molar-refractivity contribution in [2.45, 2.75) is 76.3 Å². The third-order valence-corrected chi connectivity index (χ3v) is 8.89. The van der Waals surface area contributed by atoms with Crippen LogP contribution in [0.5, 0.6) is 0 Å². The molecule has 0 aromatic carbocycles. The van der Waals surface area contributed by atoms with Crippen molar-refractivity contribution in [1.29, 1.82) is 0 Å². The molecule has 3 heterocycles. The molecule has 0 spiro atoms. The van der Waals surface area contributed by atoms with E-state index in [1.807, 2.05) is 0 Å². The summed E-state index contributed by atoms with van der Waals surface area (Å²) in [6.45, 7) is 10.6. The number of carbonyl (C=O) groups is 1. The number of piperidine rings is 1. The Morgan fingerprint density at radius 1 is 1.05 bits per heavy atom. The van der Waals surface area contributed by atoms with Gasteiger partial charge in [0.05, 0.1) is 25.5 Å². The molecule has 1 amide bonds. The lowest BCUT2D eigenvalue weighted by Crippen LogP contribution is -2.59. The summed E-state index contributed by atoms with van der Waals surface area (Å²) < 4.78 is 5.72. The molecule has 37 heavy (non-hydrogen) atoms. The molecule has 4 rings (SSSR count). The summed E-state index contributed by atoms with van der Waals surface area (Å²) in [5, 5.41) is 17.6. The number of amides is 1. The van der Waals surface area contributed by atoms with E-state index in [-0.39, 0.29) is 24.2 Å². The second-order valence-electron chi connectivity index (χ2n) is 11.3. The van der Waals surface area contributed by atoms with E-state index in [9.17, 15) is 4.79 Å². The third-order valence-electron chi connectivity index (χ3n) is 8.89. The average Bonchev–Trinajstić information content (AvgIpc) is 3.36. The number of hydrazine groups is 1. The highest BCUT2D eigenvalue weighted by Gasteiger charge is 2.38. The highest BCUT2D eigenvalue weighted by atomic mass is 16.5. The van der Waals surface area contributed by atoms with Gasteiger partial charge in [-0.05, 0) is 63.6 Å². The molecule has 0 radical (unpaired) electrons. The third kappa shape index (κ3) is 8.55. The van der Waals surface area contributed by atoms with Crippen molar-refractivity contribution in [3.05, 3.63) is 0 Å². The fourth-order valence-electron chi connectivity index (χ4n) is 6.60. The Kier molecular flexibility index (Phi) is 12.3. The molecule has 7 unspecified atom stereocenters. The van der Waals surface area contributed by atoms with Crippen molar-refractivity contribution in [2.24, 2.45) is 23.5 Å². The van der Waals surface area contributed by atoms with E-state index >= 15 is 0 Å². The predicted molar refractivity (Wildman–Crippen MR) is 146 cm³/mol. The van der Waals surface area contributed by atoms with Crippen LogP contribution < -0.4 is 43.2 Å². The zero-order chi connectivity index (χ0) is 25.9. The number of hydrogen-bond acceptors (Lipinski definition) is 10. The highest BCUT2D eigenvalue weighted by molar-refractivity contribution is 5.78. The van der Waals surface area contributed by atoms with Gasteiger partial charge in [-0.15, -0.1) is 0 Å². The summed E-state index contributed by atoms with van der Waals surface area (Å²) in [6, 6.07) is 0.753. The van der Waals surface area contributed by atoms with Gasteiger partial charge in [0, 0.05) is 50.8 Å². The van der Waals surface area contributed by atoms with Gasteiger partial charge in [-0.2, -0.15) is 0 Å². The van der Waals surface area contributed by atoms with E-state index < -0.39 is 0 Å². The topological polar surface area (TPSA) is 140 Å². The van der Waals surface area contributed by atoms with Gasteiger partial charge in [0.1, 0.15) is 0 Å². The molecule has 1 saturated carbocycles. The minimum absolute atomic E-state index is 0.121. The zero-order valence-corrected chi connectivity index (χ0v) is 22.9. The van der Waals surface area contributed by atoms with Gasteiger partial charge in [0.15, 0.2) is 0 Å². The smallest absolute Gasteiger partial charge is 0.223 e. The molecule has 3 saturated heterocycles. The number of carbonyl (C=O) groups excluding carboxylic acids is 1. The second-order valence-corrected chi connectivity index (χ2v) is 11.3. The van der Waals surface area contributed by atoms with Crippen LogP contribution in [0.1, 0.15) is 51.9 Å². The first-order chi connectivity index (χ1) is 18.2. The molecule has 214 valence electrons. The normalized spacial score (nSPS) is 35.5. The Morgan fingerprint density at radius 3 is 2.76 bits per heavy atom. The number of ether oxygens (including phenoxy) is 1. The summed E-state index contributed by atoms with van der Waals surface area (Å²) in [7, 11) is 0. The van der Waals surface area contributed by atoms with Crippen molar-refractivity contribution in [3.8, 4) is 0 Å². The molecule has 4 aliphatic rings. The molecule has 11 heteroatoms. The Bertz CT molecular complexity index is 666. The van der Waals surface area contributed by atoms with Crippen LogP contribution in [-0.4, -0.2) is 101 Å². The highest BCUT2D eigenvalue weighted by Crippen LogP contribution is 2.26. The molecule has 4 fully saturated rings. The van der Waals surface area contributed by atoms with Crippen LogP contribution in [0.4, 0.5) is 0 Å². The minimum atomic E-state index is 0.121. The zero-order valence-electron chi connectivity index (χ0n) is 22.9. The first-order valence-corrected chi connectivity index (χ1v) is 14.9. The van der Waals surface area contributed by atoms with Crippen molar-refractivity contribution in [1.82, 2.24) is 42.3 Å². The Hall–Kier alpha value is -0.890. The van der Waals surface area contributed by atoms with Crippen LogP contribution >= 0.6 is 0 Å². The van der Waals surface area contributed by atoms with Gasteiger partial charge >= 0.3 is 0 Å². The van der Waals surface area contributed by atoms with Crippen molar-refractivity contribution in [2.75, 3.05) is 65.7 Å². The second kappa shape index (κ2) is 15.6. The predicted octanol–water partition coefficient (Wildman–Crippen LogP) is -1.17. The number of nitrogens with two attached hydrogens (primary N) is 1. The van der Waals surface area contributed by atoms with Gasteiger partial charge in [-0.25, -0.2) is 10.9 Å². The maximum absolute atomic E-state index is 13.1. The maximum Gasteiger partial charge on any atom is 0.223 e. The van der Waals surface area contributed by atoms with E-state index in [2.05, 4.69) is 49.3 Å². The maximum atomic E-state index is 13.1. The van der Waals surface area contributed by atoms with Crippen molar-refractivity contribution < 1.29 is 9.53 Å². The molecule has 0 aromatic rings. The van der Waals surface area contributed by atoms with Gasteiger partial charge in [0.25, 0.3) is 0 Å². The SMILES string of the molecule is CCC1CNCCC1CNC(=O)C1CCCC(NCC2NNC(C3CCNCN3)N2CCOCCN)C1. The Labute approximate surface area is 223 Å². The molecule has 0 bridgehead atoms. The van der Waals surface area contributed by atoms with Crippen LogP contribution in [0, 0.1) is 17.8 Å². The fourth-order valence-corrected chi connectivity index (χ4v) is 6.60. The van der Waals surface area contributed by atoms with Crippen LogP contribution in [0.15, 0.2) is 0 Å². The first-order valence-electron chi connectivity index (χ1n) is 14.9. The van der Waals surface area contributed by atoms with Gasteiger partial charge in [0.2, 0.25) is 5.91 Å². The first kappa shape index (κ1) is 29.1. The summed E-state index contributed by atoms with van der Waals surface area (Å²) in [6.07, 6.45) is 7.97. The molecular formula is C26H53N9O2. The van der Waals surface area contributed by atoms with Crippen molar-refractivity contribution >= 4 is 5.91 Å². The lowest BCUT2D eigenvalue weighted by molar-refractivity contribution is -0.126. The van der Waals surface area contributed by atoms with Gasteiger partial charge < -0.3 is 31.7 Å². The number of rotatable bonds is 13. The lowest BCUT2D eigenvalue weighted by Gasteiger charge is -2.36. The Balaban J connectivity index is 1.23. The summed E-state index contributed by atoms with van der Waals surface area (Å²) in [4.78, 5) is 15.5. The number of nitrogens with one attached hydrogen (secondary N) is 7. The molecular weight excluding hydrogens is 470 g/mol. The molecule has 3 aliphatic heterocycles. The van der Waals surface area contributed by atoms with Crippen LogP contribution in [-0.2, 0) is 9.53 Å². The average molecular weight is 524 g/mol. The monoisotopic (exact) mass is 523 g/mol. The molecule has 7 atom stereocenters. The fraction of sp³-hybridized carbons (Fsp3) is 0.962. The van der Waals surface area contributed by atoms with Gasteiger partial charge in [-0.3, -0.25) is 15.0 Å². The summed E-state index contributed by atoms with van der Waals surface area (Å²) >= 11 is 0. The molecule has 1 aliphatic carbocycles. The van der Waals surface area contributed by atoms with Crippen LogP contribution in [0.3, 0.4) is 0 Å². The summed E-state index contributed by atoms with van der Waals surface area (Å²) in [5.41, 5.74) is 12.7. The molecule has 0 aromatic heterocycles. The minimum Gasteiger partial charge on any atom is -0.379 e. The van der Waals surface area contributed by atoms with Crippen molar-refractivity contribution in [3.63, 3.8) is 0 Å². The van der Waals surface area contributed by atoms with Crippen LogP contribution in [0.25, 0.3) is 0 Å². The lowest BCUT2D eigenvalue weighted by atomic mass is 9.83. The molecule has 9 N–H and O–H groups in total. The number of nitrogens with zero attached hydrogens (tertiary/aromatic N) is 1.